The van der Waals surface area contributed by atoms with Crippen LogP contribution in [0.4, 0.5) is 4.79 Å². The molecule has 1 unspecified atom stereocenters. The summed E-state index contributed by atoms with van der Waals surface area (Å²) < 4.78 is 1.97. The van der Waals surface area contributed by atoms with Gasteiger partial charge in [0, 0.05) is 38.6 Å². The Morgan fingerprint density at radius 1 is 1.28 bits per heavy atom. The van der Waals surface area contributed by atoms with Crippen molar-refractivity contribution in [1.29, 1.82) is 0 Å². The lowest BCUT2D eigenvalue weighted by molar-refractivity contribution is 0.194. The first kappa shape index (κ1) is 16.9. The van der Waals surface area contributed by atoms with Crippen LogP contribution in [-0.2, 0) is 6.42 Å². The first-order chi connectivity index (χ1) is 12.2. The van der Waals surface area contributed by atoms with Crippen molar-refractivity contribution >= 4 is 11.7 Å². The fraction of sp³-hybridized carbons (Fsp3) is 0.333. The number of fused-ring (bicyclic) bond motifs is 1. The lowest BCUT2D eigenvalue weighted by atomic mass is 10.1. The summed E-state index contributed by atoms with van der Waals surface area (Å²) in [4.78, 5) is 18.1. The highest BCUT2D eigenvalue weighted by Gasteiger charge is 2.17. The topological polar surface area (TPSA) is 75.4 Å². The highest BCUT2D eigenvalue weighted by atomic mass is 16.2. The average Bonchev–Trinajstić information content (AvgIpc) is 3.07. The summed E-state index contributed by atoms with van der Waals surface area (Å²) >= 11 is 0. The van der Waals surface area contributed by atoms with Gasteiger partial charge in [0.05, 0.1) is 6.04 Å². The molecule has 130 valence electrons. The van der Waals surface area contributed by atoms with Crippen LogP contribution in [0.1, 0.15) is 30.8 Å². The first-order valence-corrected chi connectivity index (χ1v) is 8.36. The van der Waals surface area contributed by atoms with E-state index >= 15 is 0 Å². The largest absolute Gasteiger partial charge is 0.338 e. The third-order valence-corrected chi connectivity index (χ3v) is 4.31. The standard InChI is InChI=1S/C18H22N6O/c1-14(15-7-5-10-19-13-15)23(2)18(25)20-11-6-9-17-22-21-16-8-3-4-12-24(16)17/h3-5,7-8,10,12-14H,6,9,11H2,1-2H3,(H,20,25). The van der Waals surface area contributed by atoms with Crippen LogP contribution in [0.15, 0.2) is 48.9 Å². The molecule has 0 aliphatic carbocycles. The molecule has 1 N–H and O–H groups in total. The molecule has 0 saturated carbocycles. The van der Waals surface area contributed by atoms with E-state index in [9.17, 15) is 4.79 Å². The Hall–Kier alpha value is -2.96. The molecule has 0 aliphatic heterocycles. The summed E-state index contributed by atoms with van der Waals surface area (Å²) in [6.07, 6.45) is 7.02. The van der Waals surface area contributed by atoms with Crippen LogP contribution < -0.4 is 5.32 Å². The lowest BCUT2D eigenvalue weighted by Crippen LogP contribution is -2.39. The monoisotopic (exact) mass is 338 g/mol. The molecule has 3 aromatic rings. The van der Waals surface area contributed by atoms with Crippen LogP contribution in [0.5, 0.6) is 0 Å². The Labute approximate surface area is 146 Å². The van der Waals surface area contributed by atoms with E-state index in [1.54, 1.807) is 24.3 Å². The molecule has 2 amide bonds. The van der Waals surface area contributed by atoms with Crippen molar-refractivity contribution in [3.8, 4) is 0 Å². The Bertz CT molecular complexity index is 832. The molecule has 3 aromatic heterocycles. The number of hydrogen-bond acceptors (Lipinski definition) is 4. The van der Waals surface area contributed by atoms with Crippen LogP contribution >= 0.6 is 0 Å². The first-order valence-electron chi connectivity index (χ1n) is 8.36. The van der Waals surface area contributed by atoms with Crippen LogP contribution in [0.3, 0.4) is 0 Å². The molecule has 25 heavy (non-hydrogen) atoms. The summed E-state index contributed by atoms with van der Waals surface area (Å²) in [6, 6.07) is 9.53. The number of carbonyl (C=O) groups is 1. The highest BCUT2D eigenvalue weighted by molar-refractivity contribution is 5.74. The van der Waals surface area contributed by atoms with Gasteiger partial charge in [0.25, 0.3) is 0 Å². The summed E-state index contributed by atoms with van der Waals surface area (Å²) in [6.45, 7) is 2.57. The van der Waals surface area contributed by atoms with Crippen LogP contribution in [0, 0.1) is 0 Å². The second-order valence-corrected chi connectivity index (χ2v) is 5.95. The fourth-order valence-electron chi connectivity index (χ4n) is 2.65. The molecule has 0 aliphatic rings. The Balaban J connectivity index is 1.47. The number of hydrogen-bond donors (Lipinski definition) is 1. The molecule has 7 heteroatoms. The number of urea groups is 1. The molecule has 0 spiro atoms. The van der Waals surface area contributed by atoms with Crippen molar-refractivity contribution in [1.82, 2.24) is 29.8 Å². The minimum Gasteiger partial charge on any atom is -0.338 e. The van der Waals surface area contributed by atoms with Crippen LogP contribution in [-0.4, -0.2) is 44.1 Å². The SMILES string of the molecule is CC(c1cccnc1)N(C)C(=O)NCCCc1nnc2ccccn12. The maximum atomic E-state index is 12.3. The van der Waals surface area contributed by atoms with E-state index in [0.29, 0.717) is 6.54 Å². The van der Waals surface area contributed by atoms with Gasteiger partial charge in [-0.2, -0.15) is 0 Å². The molecular formula is C18H22N6O. The highest BCUT2D eigenvalue weighted by Crippen LogP contribution is 2.17. The van der Waals surface area contributed by atoms with Crippen molar-refractivity contribution in [2.24, 2.45) is 0 Å². The molecular weight excluding hydrogens is 316 g/mol. The van der Waals surface area contributed by atoms with E-state index in [4.69, 9.17) is 0 Å². The van der Waals surface area contributed by atoms with Crippen molar-refractivity contribution in [3.05, 3.63) is 60.3 Å². The number of amides is 2. The summed E-state index contributed by atoms with van der Waals surface area (Å²) in [5.41, 5.74) is 1.85. The summed E-state index contributed by atoms with van der Waals surface area (Å²) in [7, 11) is 1.79. The van der Waals surface area contributed by atoms with Gasteiger partial charge in [-0.3, -0.25) is 9.38 Å². The van der Waals surface area contributed by atoms with Gasteiger partial charge in [-0.05, 0) is 37.1 Å². The van der Waals surface area contributed by atoms with E-state index in [0.717, 1.165) is 29.9 Å². The van der Waals surface area contributed by atoms with Gasteiger partial charge < -0.3 is 10.2 Å². The molecule has 3 rings (SSSR count). The van der Waals surface area contributed by atoms with Gasteiger partial charge in [-0.25, -0.2) is 4.79 Å². The molecule has 0 radical (unpaired) electrons. The van der Waals surface area contributed by atoms with Gasteiger partial charge in [0.1, 0.15) is 5.82 Å². The van der Waals surface area contributed by atoms with Crippen LogP contribution in [0.25, 0.3) is 5.65 Å². The summed E-state index contributed by atoms with van der Waals surface area (Å²) in [5.74, 6) is 0.905. The zero-order valence-electron chi connectivity index (χ0n) is 14.5. The molecule has 0 fully saturated rings. The van der Waals surface area contributed by atoms with Crippen molar-refractivity contribution in [3.63, 3.8) is 0 Å². The fourth-order valence-corrected chi connectivity index (χ4v) is 2.65. The van der Waals surface area contributed by atoms with Crippen LogP contribution in [0.2, 0.25) is 0 Å². The minimum absolute atomic E-state index is 0.0332. The number of rotatable bonds is 6. The lowest BCUT2D eigenvalue weighted by Gasteiger charge is -2.25. The van der Waals surface area contributed by atoms with Gasteiger partial charge >= 0.3 is 6.03 Å². The van der Waals surface area contributed by atoms with Gasteiger partial charge in [-0.1, -0.05) is 12.1 Å². The van der Waals surface area contributed by atoms with E-state index in [2.05, 4.69) is 20.5 Å². The Kier molecular flexibility index (Phi) is 5.23. The number of nitrogens with one attached hydrogen (secondary N) is 1. The van der Waals surface area contributed by atoms with E-state index in [-0.39, 0.29) is 12.1 Å². The predicted octanol–water partition coefficient (Wildman–Crippen LogP) is 2.46. The van der Waals surface area contributed by atoms with Gasteiger partial charge in [0.15, 0.2) is 5.65 Å². The van der Waals surface area contributed by atoms with E-state index < -0.39 is 0 Å². The number of carbonyl (C=O) groups excluding carboxylic acids is 1. The maximum Gasteiger partial charge on any atom is 0.317 e. The maximum absolute atomic E-state index is 12.3. The van der Waals surface area contributed by atoms with E-state index in [1.165, 1.54) is 0 Å². The number of nitrogens with zero attached hydrogens (tertiary/aromatic N) is 5. The molecule has 1 atom stereocenters. The third kappa shape index (κ3) is 3.93. The minimum atomic E-state index is -0.0949. The summed E-state index contributed by atoms with van der Waals surface area (Å²) in [5, 5.41) is 11.3. The van der Waals surface area contributed by atoms with E-state index in [1.807, 2.05) is 47.9 Å². The molecule has 0 saturated heterocycles. The third-order valence-electron chi connectivity index (χ3n) is 4.31. The van der Waals surface area contributed by atoms with Gasteiger partial charge in [0.2, 0.25) is 0 Å². The van der Waals surface area contributed by atoms with Crippen molar-refractivity contribution in [2.75, 3.05) is 13.6 Å². The molecule has 3 heterocycles. The Morgan fingerprint density at radius 2 is 2.16 bits per heavy atom. The second kappa shape index (κ2) is 7.74. The number of aryl methyl sites for hydroxylation is 1. The van der Waals surface area contributed by atoms with Gasteiger partial charge in [-0.15, -0.1) is 10.2 Å². The van der Waals surface area contributed by atoms with Crippen molar-refractivity contribution in [2.45, 2.75) is 25.8 Å². The smallest absolute Gasteiger partial charge is 0.317 e. The molecule has 7 nitrogen and oxygen atoms in total. The average molecular weight is 338 g/mol. The second-order valence-electron chi connectivity index (χ2n) is 5.95. The van der Waals surface area contributed by atoms with Crippen molar-refractivity contribution < 1.29 is 4.79 Å². The zero-order chi connectivity index (χ0) is 17.6. The zero-order valence-corrected chi connectivity index (χ0v) is 14.5. The number of pyridine rings is 2. The normalized spacial score (nSPS) is 12.1. The predicted molar refractivity (Wildman–Crippen MR) is 95.1 cm³/mol. The molecule has 0 bridgehead atoms. The Morgan fingerprint density at radius 3 is 2.96 bits per heavy atom. The number of aromatic nitrogens is 4. The quantitative estimate of drug-likeness (QED) is 0.701. The molecule has 0 aromatic carbocycles.